The van der Waals surface area contributed by atoms with Gasteiger partial charge >= 0.3 is 0 Å². The van der Waals surface area contributed by atoms with Crippen molar-refractivity contribution in [2.24, 2.45) is 0 Å². The summed E-state index contributed by atoms with van der Waals surface area (Å²) in [5.74, 6) is 1.17. The van der Waals surface area contributed by atoms with Crippen LogP contribution in [0.3, 0.4) is 0 Å². The number of rotatable bonds is 1. The van der Waals surface area contributed by atoms with Crippen LogP contribution in [0.4, 0.5) is 5.95 Å². The first kappa shape index (κ1) is 8.37. The molecule has 0 aliphatic carbocycles. The van der Waals surface area contributed by atoms with Gasteiger partial charge in [-0.2, -0.15) is 0 Å². The molecule has 3 N–H and O–H groups in total. The number of ether oxygens (including phenoxy) is 1. The van der Waals surface area contributed by atoms with E-state index in [4.69, 9.17) is 10.5 Å². The molecule has 0 radical (unpaired) electrons. The van der Waals surface area contributed by atoms with Crippen LogP contribution < -0.4 is 10.5 Å². The van der Waals surface area contributed by atoms with Crippen molar-refractivity contribution in [2.75, 3.05) is 12.8 Å². The van der Waals surface area contributed by atoms with Gasteiger partial charge in [0.2, 0.25) is 0 Å². The number of methoxy groups -OCH3 is 1. The Kier molecular flexibility index (Phi) is 1.88. The Balaban J connectivity index is 2.75. The van der Waals surface area contributed by atoms with Crippen LogP contribution >= 0.6 is 15.9 Å². The van der Waals surface area contributed by atoms with Crippen molar-refractivity contribution < 1.29 is 4.74 Å². The number of benzene rings is 1. The maximum atomic E-state index is 5.52. The number of aromatic amines is 1. The SMILES string of the molecule is COc1cc(Br)c2nc(N)[nH]c2c1. The van der Waals surface area contributed by atoms with Crippen LogP contribution in [-0.4, -0.2) is 17.1 Å². The van der Waals surface area contributed by atoms with Crippen LogP contribution in [0.2, 0.25) is 0 Å². The average molecular weight is 242 g/mol. The van der Waals surface area contributed by atoms with Gasteiger partial charge in [-0.15, -0.1) is 0 Å². The van der Waals surface area contributed by atoms with Crippen molar-refractivity contribution in [3.05, 3.63) is 16.6 Å². The molecule has 0 saturated carbocycles. The number of halogens is 1. The van der Waals surface area contributed by atoms with Crippen LogP contribution in [0.1, 0.15) is 0 Å². The Hall–Kier alpha value is -1.23. The van der Waals surface area contributed by atoms with Gasteiger partial charge in [-0.3, -0.25) is 0 Å². The lowest BCUT2D eigenvalue weighted by Gasteiger charge is -1.99. The molecule has 13 heavy (non-hydrogen) atoms. The highest BCUT2D eigenvalue weighted by atomic mass is 79.9. The zero-order valence-electron chi connectivity index (χ0n) is 6.97. The van der Waals surface area contributed by atoms with Gasteiger partial charge in [-0.05, 0) is 22.0 Å². The summed E-state index contributed by atoms with van der Waals surface area (Å²) in [4.78, 5) is 7.04. The maximum Gasteiger partial charge on any atom is 0.198 e. The number of imidazole rings is 1. The van der Waals surface area contributed by atoms with Crippen molar-refractivity contribution >= 4 is 32.9 Å². The Morgan fingerprint density at radius 1 is 1.54 bits per heavy atom. The molecular formula is C8H8BrN3O. The minimum absolute atomic E-state index is 0.406. The smallest absolute Gasteiger partial charge is 0.198 e. The lowest BCUT2D eigenvalue weighted by atomic mass is 10.3. The van der Waals surface area contributed by atoms with E-state index in [1.807, 2.05) is 12.1 Å². The zero-order valence-corrected chi connectivity index (χ0v) is 8.55. The standard InChI is InChI=1S/C8H8BrN3O/c1-13-4-2-5(9)7-6(3-4)11-8(10)12-7/h2-3H,1H3,(H3,10,11,12). The van der Waals surface area contributed by atoms with Gasteiger partial charge < -0.3 is 15.5 Å². The monoisotopic (exact) mass is 241 g/mol. The fraction of sp³-hybridized carbons (Fsp3) is 0.125. The minimum Gasteiger partial charge on any atom is -0.497 e. The quantitative estimate of drug-likeness (QED) is 0.802. The first-order valence-electron chi connectivity index (χ1n) is 3.69. The summed E-state index contributed by atoms with van der Waals surface area (Å²) >= 11 is 3.38. The molecule has 0 fully saturated rings. The fourth-order valence-corrected chi connectivity index (χ4v) is 1.72. The first-order valence-corrected chi connectivity index (χ1v) is 4.48. The molecule has 0 aliphatic rings. The fourth-order valence-electron chi connectivity index (χ4n) is 1.19. The van der Waals surface area contributed by atoms with Gasteiger partial charge in [0.05, 0.1) is 12.6 Å². The van der Waals surface area contributed by atoms with Gasteiger partial charge in [-0.1, -0.05) is 0 Å². The second-order valence-corrected chi connectivity index (χ2v) is 3.48. The summed E-state index contributed by atoms with van der Waals surface area (Å²) in [6, 6.07) is 3.70. The van der Waals surface area contributed by atoms with Gasteiger partial charge in [0, 0.05) is 10.5 Å². The highest BCUT2D eigenvalue weighted by Gasteiger charge is 2.06. The summed E-state index contributed by atoms with van der Waals surface area (Å²) < 4.78 is 5.96. The molecule has 0 amide bonds. The lowest BCUT2D eigenvalue weighted by molar-refractivity contribution is 0.415. The minimum atomic E-state index is 0.406. The number of H-pyrrole nitrogens is 1. The number of nitrogens with zero attached hydrogens (tertiary/aromatic N) is 1. The van der Waals surface area contributed by atoms with Gasteiger partial charge in [-0.25, -0.2) is 4.98 Å². The molecule has 0 atom stereocenters. The molecule has 4 nitrogen and oxygen atoms in total. The van der Waals surface area contributed by atoms with Gasteiger partial charge in [0.1, 0.15) is 11.3 Å². The first-order chi connectivity index (χ1) is 6.20. The Labute approximate surface area is 83.2 Å². The topological polar surface area (TPSA) is 63.9 Å². The molecule has 0 spiro atoms. The van der Waals surface area contributed by atoms with E-state index in [9.17, 15) is 0 Å². The maximum absolute atomic E-state index is 5.52. The average Bonchev–Trinajstić information content (AvgIpc) is 2.46. The third-order valence-electron chi connectivity index (χ3n) is 1.77. The van der Waals surface area contributed by atoms with E-state index in [0.717, 1.165) is 21.3 Å². The summed E-state index contributed by atoms with van der Waals surface area (Å²) in [5, 5.41) is 0. The van der Waals surface area contributed by atoms with Crippen LogP contribution in [0.15, 0.2) is 16.6 Å². The van der Waals surface area contributed by atoms with E-state index in [1.54, 1.807) is 7.11 Å². The van der Waals surface area contributed by atoms with Crippen molar-refractivity contribution in [3.63, 3.8) is 0 Å². The normalized spacial score (nSPS) is 10.6. The Morgan fingerprint density at radius 3 is 3.00 bits per heavy atom. The predicted octanol–water partition coefficient (Wildman–Crippen LogP) is 1.92. The van der Waals surface area contributed by atoms with E-state index >= 15 is 0 Å². The van der Waals surface area contributed by atoms with Crippen LogP contribution in [0.5, 0.6) is 5.75 Å². The third-order valence-corrected chi connectivity index (χ3v) is 2.37. The molecule has 1 aromatic heterocycles. The van der Waals surface area contributed by atoms with Gasteiger partial charge in [0.25, 0.3) is 0 Å². The number of nitrogens with two attached hydrogens (primary N) is 1. The Morgan fingerprint density at radius 2 is 2.31 bits per heavy atom. The van der Waals surface area contributed by atoms with E-state index in [2.05, 4.69) is 25.9 Å². The largest absolute Gasteiger partial charge is 0.497 e. The number of aromatic nitrogens is 2. The van der Waals surface area contributed by atoms with Crippen molar-refractivity contribution in [1.82, 2.24) is 9.97 Å². The van der Waals surface area contributed by atoms with Crippen LogP contribution in [-0.2, 0) is 0 Å². The van der Waals surface area contributed by atoms with Crippen LogP contribution in [0, 0.1) is 0 Å². The summed E-state index contributed by atoms with van der Waals surface area (Å²) in [6.45, 7) is 0. The predicted molar refractivity (Wildman–Crippen MR) is 54.8 cm³/mol. The molecule has 0 saturated heterocycles. The number of anilines is 1. The van der Waals surface area contributed by atoms with Crippen LogP contribution in [0.25, 0.3) is 11.0 Å². The molecule has 2 aromatic rings. The van der Waals surface area contributed by atoms with Crippen molar-refractivity contribution in [3.8, 4) is 5.75 Å². The Bertz CT molecular complexity index is 452. The molecule has 1 heterocycles. The van der Waals surface area contributed by atoms with E-state index in [-0.39, 0.29) is 0 Å². The molecule has 2 rings (SSSR count). The summed E-state index contributed by atoms with van der Waals surface area (Å²) in [6.07, 6.45) is 0. The van der Waals surface area contributed by atoms with E-state index in [1.165, 1.54) is 0 Å². The molecule has 1 aromatic carbocycles. The number of nitrogens with one attached hydrogen (secondary N) is 1. The van der Waals surface area contributed by atoms with Crippen molar-refractivity contribution in [1.29, 1.82) is 0 Å². The highest BCUT2D eigenvalue weighted by Crippen LogP contribution is 2.28. The molecule has 5 heteroatoms. The van der Waals surface area contributed by atoms with E-state index in [0.29, 0.717) is 5.95 Å². The third kappa shape index (κ3) is 1.35. The number of nitrogen functional groups attached to an aromatic ring is 1. The molecule has 0 unspecified atom stereocenters. The van der Waals surface area contributed by atoms with Crippen molar-refractivity contribution in [2.45, 2.75) is 0 Å². The lowest BCUT2D eigenvalue weighted by Crippen LogP contribution is -1.84. The molecule has 0 bridgehead atoms. The summed E-state index contributed by atoms with van der Waals surface area (Å²) in [7, 11) is 1.62. The number of hydrogen-bond donors (Lipinski definition) is 2. The zero-order chi connectivity index (χ0) is 9.42. The molecular weight excluding hydrogens is 234 g/mol. The highest BCUT2D eigenvalue weighted by molar-refractivity contribution is 9.10. The summed E-state index contributed by atoms with van der Waals surface area (Å²) in [5.41, 5.74) is 7.21. The molecule has 68 valence electrons. The molecule has 0 aliphatic heterocycles. The second kappa shape index (κ2) is 2.92. The second-order valence-electron chi connectivity index (χ2n) is 2.63. The number of fused-ring (bicyclic) bond motifs is 1. The van der Waals surface area contributed by atoms with Gasteiger partial charge in [0.15, 0.2) is 5.95 Å². The number of hydrogen-bond acceptors (Lipinski definition) is 3. The van der Waals surface area contributed by atoms with E-state index < -0.39 is 0 Å².